The first-order valence-corrected chi connectivity index (χ1v) is 14.2. The number of nitrogens with zero attached hydrogens (tertiary/aromatic N) is 2. The maximum absolute atomic E-state index is 13.2. The Balaban J connectivity index is 1.37. The standard InChI is InChI=1S/C30H28N4O3S/c1-20-15-16-22(18-28(20)38(35,36)31-19-23-10-7-17-37-23)29-25-12-4-5-13-26(25)30(34-33-29)32-27-14-6-9-21-8-2-3-11-24(21)27/h2-6,8-9,11-16,18,23,31H,7,10,17,19H2,1H3,(H,32,34)/t23-/m1/s1. The van der Waals surface area contributed by atoms with Crippen LogP contribution in [0, 0.1) is 6.92 Å². The van der Waals surface area contributed by atoms with E-state index in [1.807, 2.05) is 60.7 Å². The van der Waals surface area contributed by atoms with E-state index in [0.717, 1.165) is 40.1 Å². The number of aryl methyl sites for hydroxylation is 1. The van der Waals surface area contributed by atoms with Crippen molar-refractivity contribution in [3.63, 3.8) is 0 Å². The summed E-state index contributed by atoms with van der Waals surface area (Å²) in [6.45, 7) is 2.74. The van der Waals surface area contributed by atoms with Gasteiger partial charge in [0.05, 0.1) is 11.0 Å². The molecule has 4 aromatic carbocycles. The Morgan fingerprint density at radius 2 is 1.66 bits per heavy atom. The monoisotopic (exact) mass is 524 g/mol. The Hall–Kier alpha value is -3.85. The van der Waals surface area contributed by atoms with Crippen molar-refractivity contribution in [3.8, 4) is 11.3 Å². The number of aromatic nitrogens is 2. The molecule has 5 aromatic rings. The minimum absolute atomic E-state index is 0.0788. The summed E-state index contributed by atoms with van der Waals surface area (Å²) in [7, 11) is -3.72. The van der Waals surface area contributed by atoms with Crippen molar-refractivity contribution in [1.29, 1.82) is 0 Å². The van der Waals surface area contributed by atoms with Gasteiger partial charge in [0.2, 0.25) is 10.0 Å². The van der Waals surface area contributed by atoms with Crippen LogP contribution in [0.1, 0.15) is 18.4 Å². The van der Waals surface area contributed by atoms with Crippen molar-refractivity contribution in [1.82, 2.24) is 14.9 Å². The molecule has 2 heterocycles. The molecule has 0 radical (unpaired) electrons. The summed E-state index contributed by atoms with van der Waals surface area (Å²) in [6.07, 6.45) is 1.74. The third-order valence-corrected chi connectivity index (χ3v) is 8.57. The molecule has 1 atom stereocenters. The smallest absolute Gasteiger partial charge is 0.240 e. The van der Waals surface area contributed by atoms with E-state index in [9.17, 15) is 8.42 Å². The summed E-state index contributed by atoms with van der Waals surface area (Å²) in [5.74, 6) is 0.638. The predicted molar refractivity (Wildman–Crippen MR) is 151 cm³/mol. The number of anilines is 2. The molecule has 1 fully saturated rings. The second-order valence-corrected chi connectivity index (χ2v) is 11.3. The number of hydrogen-bond acceptors (Lipinski definition) is 6. The van der Waals surface area contributed by atoms with Crippen LogP contribution in [0.25, 0.3) is 32.8 Å². The van der Waals surface area contributed by atoms with Gasteiger partial charge in [0.15, 0.2) is 5.82 Å². The summed E-state index contributed by atoms with van der Waals surface area (Å²) >= 11 is 0. The van der Waals surface area contributed by atoms with Crippen molar-refractivity contribution in [2.24, 2.45) is 0 Å². The first-order valence-electron chi connectivity index (χ1n) is 12.7. The molecule has 2 N–H and O–H groups in total. The van der Waals surface area contributed by atoms with Crippen LogP contribution in [0.15, 0.2) is 89.8 Å². The molecule has 1 aliphatic rings. The Morgan fingerprint density at radius 1 is 0.895 bits per heavy atom. The van der Waals surface area contributed by atoms with E-state index in [4.69, 9.17) is 4.74 Å². The number of nitrogens with one attached hydrogen (secondary N) is 2. The number of hydrogen-bond donors (Lipinski definition) is 2. The lowest BCUT2D eigenvalue weighted by molar-refractivity contribution is 0.114. The molecule has 8 heteroatoms. The highest BCUT2D eigenvalue weighted by Crippen LogP contribution is 2.34. The molecule has 1 saturated heterocycles. The largest absolute Gasteiger partial charge is 0.377 e. The SMILES string of the molecule is Cc1ccc(-c2nnc(Nc3cccc4ccccc34)c3ccccc23)cc1S(=O)(=O)NC[C@H]1CCCO1. The molecule has 0 amide bonds. The number of benzene rings is 4. The molecule has 0 aliphatic carbocycles. The first kappa shape index (κ1) is 24.5. The van der Waals surface area contributed by atoms with Gasteiger partial charge in [-0.15, -0.1) is 10.2 Å². The Kier molecular flexibility index (Phi) is 6.53. The zero-order valence-electron chi connectivity index (χ0n) is 21.0. The van der Waals surface area contributed by atoms with Gasteiger partial charge in [-0.3, -0.25) is 0 Å². The summed E-state index contributed by atoms with van der Waals surface area (Å²) in [6, 6.07) is 27.6. The van der Waals surface area contributed by atoms with Gasteiger partial charge in [0, 0.05) is 40.6 Å². The zero-order chi connectivity index (χ0) is 26.1. The summed E-state index contributed by atoms with van der Waals surface area (Å²) in [5.41, 5.74) is 2.92. The van der Waals surface area contributed by atoms with Gasteiger partial charge in [0.25, 0.3) is 0 Å². The average molecular weight is 525 g/mol. The lowest BCUT2D eigenvalue weighted by atomic mass is 10.0. The van der Waals surface area contributed by atoms with Crippen LogP contribution in [-0.2, 0) is 14.8 Å². The molecule has 1 aromatic heterocycles. The first-order chi connectivity index (χ1) is 18.5. The maximum Gasteiger partial charge on any atom is 0.240 e. The molecule has 192 valence electrons. The van der Waals surface area contributed by atoms with Gasteiger partial charge in [-0.25, -0.2) is 13.1 Å². The lowest BCUT2D eigenvalue weighted by Crippen LogP contribution is -2.32. The van der Waals surface area contributed by atoms with Crippen LogP contribution in [0.2, 0.25) is 0 Å². The molecule has 0 unspecified atom stereocenters. The maximum atomic E-state index is 13.2. The van der Waals surface area contributed by atoms with Crippen LogP contribution in [0.5, 0.6) is 0 Å². The fraction of sp³-hybridized carbons (Fsp3) is 0.200. The normalized spacial score (nSPS) is 15.8. The fourth-order valence-corrected chi connectivity index (χ4v) is 6.33. The number of ether oxygens (including phenoxy) is 1. The molecule has 6 rings (SSSR count). The van der Waals surface area contributed by atoms with Crippen molar-refractivity contribution >= 4 is 43.1 Å². The van der Waals surface area contributed by atoms with E-state index >= 15 is 0 Å². The molecule has 0 spiro atoms. The van der Waals surface area contributed by atoms with E-state index in [-0.39, 0.29) is 17.5 Å². The molecular formula is C30H28N4O3S. The van der Waals surface area contributed by atoms with Crippen LogP contribution in [-0.4, -0.2) is 37.9 Å². The summed E-state index contributed by atoms with van der Waals surface area (Å²) in [5, 5.41) is 16.6. The third kappa shape index (κ3) is 4.74. The van der Waals surface area contributed by atoms with Gasteiger partial charge in [-0.2, -0.15) is 0 Å². The number of sulfonamides is 1. The molecule has 7 nitrogen and oxygen atoms in total. The molecule has 38 heavy (non-hydrogen) atoms. The van der Waals surface area contributed by atoms with Gasteiger partial charge < -0.3 is 10.1 Å². The van der Waals surface area contributed by atoms with Crippen LogP contribution in [0.3, 0.4) is 0 Å². The highest BCUT2D eigenvalue weighted by molar-refractivity contribution is 7.89. The zero-order valence-corrected chi connectivity index (χ0v) is 21.8. The van der Waals surface area contributed by atoms with Crippen molar-refractivity contribution in [2.45, 2.75) is 30.8 Å². The topological polar surface area (TPSA) is 93.2 Å². The second kappa shape index (κ2) is 10.1. The average Bonchev–Trinajstić information content (AvgIpc) is 3.47. The van der Waals surface area contributed by atoms with Gasteiger partial charge in [-0.05, 0) is 42.8 Å². The number of fused-ring (bicyclic) bond motifs is 2. The minimum Gasteiger partial charge on any atom is -0.377 e. The van der Waals surface area contributed by atoms with E-state index < -0.39 is 10.0 Å². The van der Waals surface area contributed by atoms with Crippen LogP contribution in [0.4, 0.5) is 11.5 Å². The molecule has 0 bridgehead atoms. The van der Waals surface area contributed by atoms with Gasteiger partial charge in [-0.1, -0.05) is 72.8 Å². The number of rotatable bonds is 7. The second-order valence-electron chi connectivity index (χ2n) is 9.56. The summed E-state index contributed by atoms with van der Waals surface area (Å²) < 4.78 is 34.7. The molecular weight excluding hydrogens is 496 g/mol. The van der Waals surface area contributed by atoms with E-state index in [2.05, 4.69) is 38.4 Å². The van der Waals surface area contributed by atoms with Crippen molar-refractivity contribution in [3.05, 3.63) is 90.5 Å². The van der Waals surface area contributed by atoms with Crippen molar-refractivity contribution in [2.75, 3.05) is 18.5 Å². The fourth-order valence-electron chi connectivity index (χ4n) is 4.99. The quantitative estimate of drug-likeness (QED) is 0.273. The van der Waals surface area contributed by atoms with Crippen LogP contribution < -0.4 is 10.0 Å². The minimum atomic E-state index is -3.72. The van der Waals surface area contributed by atoms with Gasteiger partial charge in [0.1, 0.15) is 5.69 Å². The Morgan fingerprint density at radius 3 is 2.47 bits per heavy atom. The highest BCUT2D eigenvalue weighted by atomic mass is 32.2. The third-order valence-electron chi connectivity index (χ3n) is 7.01. The molecule has 1 aliphatic heterocycles. The predicted octanol–water partition coefficient (Wildman–Crippen LogP) is 5.96. The van der Waals surface area contributed by atoms with E-state index in [1.54, 1.807) is 13.0 Å². The van der Waals surface area contributed by atoms with E-state index in [1.165, 1.54) is 0 Å². The lowest BCUT2D eigenvalue weighted by Gasteiger charge is -2.15. The molecule has 0 saturated carbocycles. The summed E-state index contributed by atoms with van der Waals surface area (Å²) in [4.78, 5) is 0.233. The Labute approximate surface area is 221 Å². The van der Waals surface area contributed by atoms with Crippen molar-refractivity contribution < 1.29 is 13.2 Å². The highest BCUT2D eigenvalue weighted by Gasteiger charge is 2.23. The van der Waals surface area contributed by atoms with E-state index in [0.29, 0.717) is 29.2 Å². The van der Waals surface area contributed by atoms with Crippen LogP contribution >= 0.6 is 0 Å². The van der Waals surface area contributed by atoms with Gasteiger partial charge >= 0.3 is 0 Å². The Bertz CT molecular complexity index is 1740.